The van der Waals surface area contributed by atoms with Crippen LogP contribution >= 0.6 is 11.3 Å². The molecule has 3 rings (SSSR count). The molecule has 1 amide bonds. The van der Waals surface area contributed by atoms with Crippen molar-refractivity contribution in [1.82, 2.24) is 19.1 Å². The standard InChI is InChI=1S/C15H18N4O7S2/c1-7(2)26-14-16-19(15(23)18(14)9-4-5-9)13(22)17-28(24,25)11-8(3)27-6-10(11)12(20)21/h6-7,9H,4-5H2,1-3H3,(H,17,22)(H,20,21). The zero-order valence-corrected chi connectivity index (χ0v) is 16.8. The van der Waals surface area contributed by atoms with Gasteiger partial charge in [-0.2, -0.15) is 0 Å². The van der Waals surface area contributed by atoms with E-state index in [0.29, 0.717) is 4.68 Å². The minimum absolute atomic E-state index is 0.0759. The first-order valence-corrected chi connectivity index (χ1v) is 10.7. The number of amides is 1. The number of thiophene rings is 1. The van der Waals surface area contributed by atoms with Gasteiger partial charge in [0.15, 0.2) is 0 Å². The van der Waals surface area contributed by atoms with Crippen molar-refractivity contribution in [3.05, 3.63) is 26.3 Å². The number of aromatic carboxylic acids is 1. The number of carboxylic acids is 1. The molecule has 2 aromatic heterocycles. The summed E-state index contributed by atoms with van der Waals surface area (Å²) >= 11 is 0.918. The molecule has 2 heterocycles. The third-order valence-corrected chi connectivity index (χ3v) is 6.41. The van der Waals surface area contributed by atoms with Crippen LogP contribution in [-0.2, 0) is 10.0 Å². The lowest BCUT2D eigenvalue weighted by atomic mass is 10.3. The van der Waals surface area contributed by atoms with Crippen molar-refractivity contribution in [1.29, 1.82) is 0 Å². The number of hydrogen-bond donors (Lipinski definition) is 2. The topological polar surface area (TPSA) is 150 Å². The summed E-state index contributed by atoms with van der Waals surface area (Å²) in [5.41, 5.74) is -1.28. The molecule has 0 radical (unpaired) electrons. The number of carbonyl (C=O) groups is 2. The fraction of sp³-hybridized carbons (Fsp3) is 0.467. The van der Waals surface area contributed by atoms with Gasteiger partial charge in [-0.25, -0.2) is 32.1 Å². The van der Waals surface area contributed by atoms with Gasteiger partial charge in [0.1, 0.15) is 4.90 Å². The van der Waals surface area contributed by atoms with E-state index in [9.17, 15) is 27.9 Å². The Kier molecular flexibility index (Phi) is 5.06. The Labute approximate surface area is 163 Å². The number of sulfonamides is 1. The maximum absolute atomic E-state index is 12.6. The van der Waals surface area contributed by atoms with Crippen molar-refractivity contribution < 1.29 is 27.9 Å². The second-order valence-corrected chi connectivity index (χ2v) is 9.20. The van der Waals surface area contributed by atoms with Crippen LogP contribution in [0.5, 0.6) is 6.01 Å². The zero-order chi connectivity index (χ0) is 20.8. The van der Waals surface area contributed by atoms with E-state index in [2.05, 4.69) is 5.10 Å². The first kappa shape index (κ1) is 20.1. The van der Waals surface area contributed by atoms with Crippen molar-refractivity contribution in [3.8, 4) is 6.01 Å². The van der Waals surface area contributed by atoms with Gasteiger partial charge in [0.2, 0.25) is 0 Å². The monoisotopic (exact) mass is 430 g/mol. The Hall–Kier alpha value is -2.67. The Morgan fingerprint density at radius 2 is 2.04 bits per heavy atom. The highest BCUT2D eigenvalue weighted by Gasteiger charge is 2.34. The number of rotatable bonds is 6. The lowest BCUT2D eigenvalue weighted by Gasteiger charge is -2.08. The molecular formula is C15H18N4O7S2. The summed E-state index contributed by atoms with van der Waals surface area (Å²) in [5, 5.41) is 14.1. The van der Waals surface area contributed by atoms with Gasteiger partial charge in [0.05, 0.1) is 11.7 Å². The van der Waals surface area contributed by atoms with Crippen LogP contribution in [0.3, 0.4) is 0 Å². The molecule has 1 aliphatic rings. The molecule has 0 aromatic carbocycles. The van der Waals surface area contributed by atoms with Crippen molar-refractivity contribution in [3.63, 3.8) is 0 Å². The highest BCUT2D eigenvalue weighted by atomic mass is 32.2. The average Bonchev–Trinajstić information content (AvgIpc) is 3.22. The van der Waals surface area contributed by atoms with Crippen LogP contribution in [0.2, 0.25) is 0 Å². The Bertz CT molecular complexity index is 1110. The predicted molar refractivity (Wildman–Crippen MR) is 97.7 cm³/mol. The Balaban J connectivity index is 1.97. The third-order valence-electron chi connectivity index (χ3n) is 3.86. The molecule has 0 bridgehead atoms. The maximum atomic E-state index is 12.6. The molecule has 28 heavy (non-hydrogen) atoms. The van der Waals surface area contributed by atoms with E-state index in [4.69, 9.17) is 4.74 Å². The van der Waals surface area contributed by atoms with E-state index >= 15 is 0 Å². The minimum Gasteiger partial charge on any atom is -0.478 e. The van der Waals surface area contributed by atoms with E-state index in [1.165, 1.54) is 16.9 Å². The normalized spacial score (nSPS) is 14.3. The first-order valence-electron chi connectivity index (χ1n) is 8.29. The van der Waals surface area contributed by atoms with Gasteiger partial charge in [0.25, 0.3) is 10.0 Å². The van der Waals surface area contributed by atoms with Crippen LogP contribution in [0.25, 0.3) is 0 Å². The van der Waals surface area contributed by atoms with Crippen molar-refractivity contribution in [2.24, 2.45) is 0 Å². The third kappa shape index (κ3) is 3.67. The summed E-state index contributed by atoms with van der Waals surface area (Å²) in [6, 6.07) is -1.55. The van der Waals surface area contributed by atoms with Crippen LogP contribution in [0.4, 0.5) is 4.79 Å². The Morgan fingerprint density at radius 1 is 1.39 bits per heavy atom. The molecule has 1 fully saturated rings. The second kappa shape index (κ2) is 7.05. The largest absolute Gasteiger partial charge is 0.478 e. The lowest BCUT2D eigenvalue weighted by molar-refractivity contribution is 0.0693. The van der Waals surface area contributed by atoms with Crippen LogP contribution in [-0.4, -0.2) is 46.0 Å². The highest BCUT2D eigenvalue weighted by molar-refractivity contribution is 7.90. The fourth-order valence-corrected chi connectivity index (χ4v) is 5.07. The average molecular weight is 430 g/mol. The number of ether oxygens (including phenoxy) is 1. The van der Waals surface area contributed by atoms with E-state index in [0.717, 1.165) is 24.2 Å². The number of carboxylic acid groups (broad SMARTS) is 1. The summed E-state index contributed by atoms with van der Waals surface area (Å²) in [4.78, 5) is 35.9. The molecular weight excluding hydrogens is 412 g/mol. The van der Waals surface area contributed by atoms with Crippen molar-refractivity contribution in [2.75, 3.05) is 0 Å². The highest BCUT2D eigenvalue weighted by Crippen LogP contribution is 2.36. The quantitative estimate of drug-likeness (QED) is 0.694. The van der Waals surface area contributed by atoms with Gasteiger partial charge in [0, 0.05) is 16.3 Å². The van der Waals surface area contributed by atoms with E-state index in [1.807, 2.05) is 0 Å². The minimum atomic E-state index is -4.54. The SMILES string of the molecule is Cc1scc(C(=O)O)c1S(=O)(=O)NC(=O)n1nc(OC(C)C)n(C2CC2)c1=O. The van der Waals surface area contributed by atoms with Gasteiger partial charge in [-0.3, -0.25) is 0 Å². The maximum Gasteiger partial charge on any atom is 0.360 e. The first-order chi connectivity index (χ1) is 13.0. The summed E-state index contributed by atoms with van der Waals surface area (Å²) in [7, 11) is -4.54. The summed E-state index contributed by atoms with van der Waals surface area (Å²) in [6.07, 6.45) is 1.12. The fourth-order valence-electron chi connectivity index (χ4n) is 2.56. The van der Waals surface area contributed by atoms with Crippen LogP contribution in [0.15, 0.2) is 15.1 Å². The molecule has 1 saturated carbocycles. The molecule has 0 atom stereocenters. The molecule has 2 aromatic rings. The number of nitrogens with zero attached hydrogens (tertiary/aromatic N) is 3. The van der Waals surface area contributed by atoms with E-state index in [-0.39, 0.29) is 23.0 Å². The van der Waals surface area contributed by atoms with Gasteiger partial charge >= 0.3 is 23.7 Å². The van der Waals surface area contributed by atoms with Gasteiger partial charge in [-0.1, -0.05) is 0 Å². The molecule has 1 aliphatic carbocycles. The number of nitrogens with one attached hydrogen (secondary N) is 1. The number of aryl methyl sites for hydroxylation is 1. The van der Waals surface area contributed by atoms with E-state index < -0.39 is 38.2 Å². The summed E-state index contributed by atoms with van der Waals surface area (Å²) < 4.78 is 33.9. The van der Waals surface area contributed by atoms with Gasteiger partial charge in [-0.05, 0) is 33.6 Å². The van der Waals surface area contributed by atoms with E-state index in [1.54, 1.807) is 18.6 Å². The van der Waals surface area contributed by atoms with Crippen molar-refractivity contribution >= 4 is 33.4 Å². The number of hydrogen-bond acceptors (Lipinski definition) is 8. The molecule has 0 aliphatic heterocycles. The Morgan fingerprint density at radius 3 is 2.57 bits per heavy atom. The summed E-state index contributed by atoms with van der Waals surface area (Å²) in [5.74, 6) is -1.44. The summed E-state index contributed by atoms with van der Waals surface area (Å²) in [6.45, 7) is 4.86. The van der Waals surface area contributed by atoms with Gasteiger partial charge in [-0.15, -0.1) is 21.1 Å². The molecule has 2 N–H and O–H groups in total. The van der Waals surface area contributed by atoms with Crippen LogP contribution in [0, 0.1) is 6.92 Å². The smallest absolute Gasteiger partial charge is 0.360 e. The molecule has 0 saturated heterocycles. The van der Waals surface area contributed by atoms with Gasteiger partial charge < -0.3 is 9.84 Å². The second-order valence-electron chi connectivity index (χ2n) is 6.50. The zero-order valence-electron chi connectivity index (χ0n) is 15.2. The molecule has 11 nitrogen and oxygen atoms in total. The lowest BCUT2D eigenvalue weighted by Crippen LogP contribution is -2.41. The number of carbonyl (C=O) groups excluding carboxylic acids is 1. The van der Waals surface area contributed by atoms with Crippen molar-refractivity contribution in [2.45, 2.75) is 50.7 Å². The molecule has 0 unspecified atom stereocenters. The molecule has 152 valence electrons. The molecule has 13 heteroatoms. The van der Waals surface area contributed by atoms with Crippen LogP contribution in [0.1, 0.15) is 48.0 Å². The number of aromatic nitrogens is 3. The molecule has 0 spiro atoms. The predicted octanol–water partition coefficient (Wildman–Crippen LogP) is 1.18. The van der Waals surface area contributed by atoms with Crippen LogP contribution < -0.4 is 15.1 Å².